The van der Waals surface area contributed by atoms with Gasteiger partial charge in [-0.25, -0.2) is 0 Å². The number of rotatable bonds is 8. The second-order valence-corrected chi connectivity index (χ2v) is 8.33. The first-order chi connectivity index (χ1) is 8.65. The van der Waals surface area contributed by atoms with E-state index >= 15 is 0 Å². The molecule has 0 N–H and O–H groups in total. The van der Waals surface area contributed by atoms with Gasteiger partial charge < -0.3 is 0 Å². The van der Waals surface area contributed by atoms with Crippen LogP contribution in [0.4, 0.5) is 0 Å². The Kier molecular flexibility index (Phi) is 8.63. The Hall–Kier alpha value is 0.479. The molecule has 1 atom stereocenters. The zero-order valence-corrected chi connectivity index (χ0v) is 14.6. The third kappa shape index (κ3) is 6.08. The molecule has 18 heavy (non-hydrogen) atoms. The summed E-state index contributed by atoms with van der Waals surface area (Å²) in [5, 5.41) is 0. The van der Waals surface area contributed by atoms with E-state index < -0.39 is 0 Å². The Morgan fingerprint density at radius 3 is 2.56 bits per heavy atom. The van der Waals surface area contributed by atoms with E-state index in [9.17, 15) is 0 Å². The normalized spacial score (nSPS) is 18.6. The Labute approximate surface area is 126 Å². The monoisotopic (exact) mass is 332 g/mol. The Morgan fingerprint density at radius 2 is 2.00 bits per heavy atom. The van der Waals surface area contributed by atoms with Crippen molar-refractivity contribution in [3.05, 3.63) is 12.2 Å². The molecule has 1 unspecified atom stereocenters. The van der Waals surface area contributed by atoms with E-state index in [-0.39, 0.29) is 0 Å². The van der Waals surface area contributed by atoms with Crippen molar-refractivity contribution >= 4 is 31.1 Å². The Bertz CT molecular complexity index is 266. The van der Waals surface area contributed by atoms with Crippen LogP contribution in [-0.2, 0) is 0 Å². The van der Waals surface area contributed by atoms with Crippen molar-refractivity contribution in [2.75, 3.05) is 5.75 Å². The summed E-state index contributed by atoms with van der Waals surface area (Å²) in [6, 6.07) is 0. The average molecular weight is 331 g/mol. The minimum absolute atomic E-state index is 0.740. The Balaban J connectivity index is 2.52. The summed E-state index contributed by atoms with van der Waals surface area (Å²) in [6.07, 6.45) is 11.0. The number of hydrogen-bond donors (Lipinski definition) is 0. The zero-order valence-electron chi connectivity index (χ0n) is 12.0. The molecule has 1 fully saturated rings. The first-order valence-corrected chi connectivity index (χ1v) is 9.30. The minimum atomic E-state index is 0.740. The predicted octanol–water partition coefficient (Wildman–Crippen LogP) is 4.98. The molecule has 0 aliphatic heterocycles. The zero-order chi connectivity index (χ0) is 13.4. The van der Waals surface area contributed by atoms with Gasteiger partial charge in [-0.15, -0.1) is 0 Å². The van der Waals surface area contributed by atoms with Gasteiger partial charge in [0.2, 0.25) is 0 Å². The van der Waals surface area contributed by atoms with Gasteiger partial charge >= 0.3 is 126 Å². The molecular weight excluding hydrogens is 303 g/mol. The predicted molar refractivity (Wildman–Crippen MR) is 87.6 cm³/mol. The Morgan fingerprint density at radius 1 is 1.33 bits per heavy atom. The average Bonchev–Trinajstić information content (AvgIpc) is 2.37. The van der Waals surface area contributed by atoms with Gasteiger partial charge in [0, 0.05) is 0 Å². The van der Waals surface area contributed by atoms with Gasteiger partial charge in [0.25, 0.3) is 0 Å². The van der Waals surface area contributed by atoms with Crippen LogP contribution in [-0.4, -0.2) is 25.1 Å². The van der Waals surface area contributed by atoms with E-state index in [1.165, 1.54) is 62.7 Å². The molecule has 0 heterocycles. The van der Waals surface area contributed by atoms with Crippen LogP contribution in [0.2, 0.25) is 0 Å². The van der Waals surface area contributed by atoms with Crippen LogP contribution in [0.5, 0.6) is 0 Å². The van der Waals surface area contributed by atoms with Crippen LogP contribution < -0.4 is 0 Å². The van der Waals surface area contributed by atoms with Gasteiger partial charge in [0.15, 0.2) is 0 Å². The van der Waals surface area contributed by atoms with Gasteiger partial charge in [-0.05, 0) is 0 Å². The van der Waals surface area contributed by atoms with E-state index in [1.54, 1.807) is 3.75 Å². The fourth-order valence-corrected chi connectivity index (χ4v) is 5.01. The van der Waals surface area contributed by atoms with Crippen LogP contribution in [0.25, 0.3) is 0 Å². The van der Waals surface area contributed by atoms with Gasteiger partial charge in [0.05, 0.1) is 0 Å². The van der Waals surface area contributed by atoms with E-state index in [0.29, 0.717) is 0 Å². The molecular formula is C16H28SSe. The summed E-state index contributed by atoms with van der Waals surface area (Å²) in [5.74, 6) is 2.92. The number of thioether (sulfide) groups is 1. The molecule has 0 aromatic heterocycles. The molecule has 0 nitrogen and oxygen atoms in total. The number of allylic oxidation sites excluding steroid dienone is 1. The van der Waals surface area contributed by atoms with Gasteiger partial charge in [-0.3, -0.25) is 0 Å². The summed E-state index contributed by atoms with van der Waals surface area (Å²) in [6.45, 7) is 8.58. The molecule has 0 aromatic carbocycles. The maximum atomic E-state index is 4.13. The molecule has 0 saturated heterocycles. The fourth-order valence-electron chi connectivity index (χ4n) is 2.78. The molecule has 1 aliphatic carbocycles. The second-order valence-electron chi connectivity index (χ2n) is 5.69. The van der Waals surface area contributed by atoms with Crippen molar-refractivity contribution in [1.29, 1.82) is 0 Å². The van der Waals surface area contributed by atoms with E-state index in [2.05, 4.69) is 47.8 Å². The molecule has 0 spiro atoms. The van der Waals surface area contributed by atoms with Crippen molar-refractivity contribution in [1.82, 2.24) is 0 Å². The molecule has 1 rings (SSSR count). The molecule has 104 valence electrons. The van der Waals surface area contributed by atoms with Crippen LogP contribution in [0.1, 0.15) is 65.2 Å². The standard InChI is InChI=1S/C16H28SSe/c1-4-5-11-17-16(18)15(12-13(2)3)14-9-7-6-8-10-14/h14-15H,2,4-12H2,1,3H3. The molecule has 1 aliphatic rings. The topological polar surface area (TPSA) is 0 Å². The summed E-state index contributed by atoms with van der Waals surface area (Å²) in [7, 11) is 0. The van der Waals surface area contributed by atoms with E-state index in [4.69, 9.17) is 0 Å². The van der Waals surface area contributed by atoms with Gasteiger partial charge in [-0.2, -0.15) is 0 Å². The maximum absolute atomic E-state index is 4.13. The summed E-state index contributed by atoms with van der Waals surface area (Å²) >= 11 is 5.44. The van der Waals surface area contributed by atoms with Gasteiger partial charge in [0.1, 0.15) is 0 Å². The number of unbranched alkanes of at least 4 members (excludes halogenated alkanes) is 1. The van der Waals surface area contributed by atoms with Crippen LogP contribution in [0, 0.1) is 11.8 Å². The first kappa shape index (κ1) is 16.5. The SMILES string of the molecule is C=C(C)CC(C(=[Se])SCCCC)C1CCCCC1. The van der Waals surface area contributed by atoms with Crippen molar-refractivity contribution in [3.8, 4) is 0 Å². The third-order valence-electron chi connectivity index (χ3n) is 3.83. The summed E-state index contributed by atoms with van der Waals surface area (Å²) < 4.78 is 1.55. The molecule has 1 saturated carbocycles. The molecule has 0 amide bonds. The van der Waals surface area contributed by atoms with Crippen molar-refractivity contribution < 1.29 is 0 Å². The second kappa shape index (κ2) is 9.39. The van der Waals surface area contributed by atoms with E-state index in [0.717, 1.165) is 11.8 Å². The van der Waals surface area contributed by atoms with Gasteiger partial charge in [-0.1, -0.05) is 0 Å². The number of hydrogen-bond acceptors (Lipinski definition) is 1. The quantitative estimate of drug-likeness (QED) is 0.343. The molecule has 0 aromatic rings. The fraction of sp³-hybridized carbons (Fsp3) is 0.812. The first-order valence-electron chi connectivity index (χ1n) is 7.46. The summed E-state index contributed by atoms with van der Waals surface area (Å²) in [4.78, 5) is 0. The van der Waals surface area contributed by atoms with Crippen molar-refractivity contribution in [3.63, 3.8) is 0 Å². The molecule has 0 bridgehead atoms. The van der Waals surface area contributed by atoms with Crippen molar-refractivity contribution in [2.45, 2.75) is 65.2 Å². The molecule has 2 heteroatoms. The van der Waals surface area contributed by atoms with Crippen LogP contribution >= 0.6 is 11.8 Å². The van der Waals surface area contributed by atoms with Crippen molar-refractivity contribution in [2.24, 2.45) is 11.8 Å². The van der Waals surface area contributed by atoms with Crippen LogP contribution in [0.3, 0.4) is 0 Å². The summed E-state index contributed by atoms with van der Waals surface area (Å²) in [5.41, 5.74) is 1.34. The molecule has 0 radical (unpaired) electrons. The third-order valence-corrected chi connectivity index (χ3v) is 6.29. The van der Waals surface area contributed by atoms with E-state index in [1.807, 2.05) is 0 Å². The van der Waals surface area contributed by atoms with Crippen LogP contribution in [0.15, 0.2) is 12.2 Å².